The Morgan fingerprint density at radius 1 is 1.36 bits per heavy atom. The number of carbonyl (C=O) groups excluding carboxylic acids is 1. The standard InChI is InChI=1S/C18H26N2OS/c1-4-13(2)17(22)15-9-7-14(8-10-15)12-19-18(21)16-6-5-11-20(16)3/h7-10,16,22H,4-6,11-12H2,1-3H3,(H,19,21)/b17-13-. The number of thiol groups is 1. The number of carbonyl (C=O) groups is 1. The summed E-state index contributed by atoms with van der Waals surface area (Å²) in [6.07, 6.45) is 3.08. The van der Waals surface area contributed by atoms with Crippen LogP contribution in [0.4, 0.5) is 0 Å². The monoisotopic (exact) mass is 318 g/mol. The molecule has 0 spiro atoms. The molecule has 1 atom stereocenters. The minimum atomic E-state index is 0.0402. The van der Waals surface area contributed by atoms with Gasteiger partial charge in [0, 0.05) is 11.4 Å². The van der Waals surface area contributed by atoms with Crippen LogP contribution in [0.3, 0.4) is 0 Å². The molecule has 0 radical (unpaired) electrons. The molecule has 1 N–H and O–H groups in total. The maximum Gasteiger partial charge on any atom is 0.237 e. The fourth-order valence-corrected chi connectivity index (χ4v) is 3.05. The van der Waals surface area contributed by atoms with Crippen LogP contribution in [-0.4, -0.2) is 30.4 Å². The summed E-state index contributed by atoms with van der Waals surface area (Å²) in [5.74, 6) is 0.140. The van der Waals surface area contributed by atoms with Crippen LogP contribution in [0.25, 0.3) is 4.91 Å². The zero-order valence-corrected chi connectivity index (χ0v) is 14.6. The Labute approximate surface area is 139 Å². The summed E-state index contributed by atoms with van der Waals surface area (Å²) in [5.41, 5.74) is 3.54. The number of amides is 1. The van der Waals surface area contributed by atoms with Crippen LogP contribution < -0.4 is 5.32 Å². The summed E-state index contributed by atoms with van der Waals surface area (Å²) in [7, 11) is 2.02. The predicted molar refractivity (Wildman–Crippen MR) is 95.8 cm³/mol. The molecule has 0 bridgehead atoms. The van der Waals surface area contributed by atoms with Crippen LogP contribution >= 0.6 is 12.6 Å². The molecule has 22 heavy (non-hydrogen) atoms. The molecule has 1 aliphatic rings. The molecule has 0 saturated carbocycles. The molecule has 1 saturated heterocycles. The van der Waals surface area contributed by atoms with E-state index in [1.54, 1.807) is 0 Å². The maximum atomic E-state index is 12.2. The van der Waals surface area contributed by atoms with Gasteiger partial charge >= 0.3 is 0 Å². The first-order chi connectivity index (χ1) is 10.5. The van der Waals surface area contributed by atoms with E-state index in [2.05, 4.69) is 61.0 Å². The van der Waals surface area contributed by atoms with Gasteiger partial charge in [-0.3, -0.25) is 9.69 Å². The van der Waals surface area contributed by atoms with Crippen molar-refractivity contribution < 1.29 is 4.79 Å². The van der Waals surface area contributed by atoms with Gasteiger partial charge in [-0.05, 0) is 50.9 Å². The molecule has 1 aromatic carbocycles. The van der Waals surface area contributed by atoms with E-state index in [0.717, 1.165) is 41.8 Å². The smallest absolute Gasteiger partial charge is 0.237 e. The van der Waals surface area contributed by atoms with E-state index in [9.17, 15) is 4.79 Å². The minimum Gasteiger partial charge on any atom is -0.351 e. The van der Waals surface area contributed by atoms with Gasteiger partial charge in [-0.2, -0.15) is 0 Å². The number of benzene rings is 1. The van der Waals surface area contributed by atoms with Gasteiger partial charge in [0.1, 0.15) is 0 Å². The van der Waals surface area contributed by atoms with Crippen molar-refractivity contribution in [3.8, 4) is 0 Å². The lowest BCUT2D eigenvalue weighted by molar-refractivity contribution is -0.125. The molecule has 2 rings (SSSR count). The normalized spacial score (nSPS) is 19.9. The molecular weight excluding hydrogens is 292 g/mol. The summed E-state index contributed by atoms with van der Waals surface area (Å²) in [4.78, 5) is 15.3. The van der Waals surface area contributed by atoms with Gasteiger partial charge < -0.3 is 5.32 Å². The third-order valence-electron chi connectivity index (χ3n) is 4.45. The first-order valence-electron chi connectivity index (χ1n) is 7.99. The molecule has 1 fully saturated rings. The average Bonchev–Trinajstić information content (AvgIpc) is 2.97. The highest BCUT2D eigenvalue weighted by Gasteiger charge is 2.27. The van der Waals surface area contributed by atoms with Crippen LogP contribution in [0.15, 0.2) is 29.8 Å². The fourth-order valence-electron chi connectivity index (χ4n) is 2.74. The molecule has 4 heteroatoms. The van der Waals surface area contributed by atoms with Crippen molar-refractivity contribution in [2.75, 3.05) is 13.6 Å². The van der Waals surface area contributed by atoms with Crippen molar-refractivity contribution in [2.45, 2.75) is 45.7 Å². The molecule has 1 unspecified atom stereocenters. The Morgan fingerprint density at radius 2 is 2.05 bits per heavy atom. The second-order valence-corrected chi connectivity index (χ2v) is 6.48. The molecular formula is C18H26N2OS. The quantitative estimate of drug-likeness (QED) is 0.815. The first kappa shape index (κ1) is 17.1. The Kier molecular flexibility index (Phi) is 6.09. The largest absolute Gasteiger partial charge is 0.351 e. The lowest BCUT2D eigenvalue weighted by Crippen LogP contribution is -2.41. The van der Waals surface area contributed by atoms with Crippen LogP contribution in [0.1, 0.15) is 44.2 Å². The summed E-state index contributed by atoms with van der Waals surface area (Å²) < 4.78 is 0. The number of nitrogens with zero attached hydrogens (tertiary/aromatic N) is 1. The van der Waals surface area contributed by atoms with Gasteiger partial charge in [0.25, 0.3) is 0 Å². The van der Waals surface area contributed by atoms with Gasteiger partial charge in [-0.25, -0.2) is 0 Å². The van der Waals surface area contributed by atoms with E-state index in [1.165, 1.54) is 5.57 Å². The zero-order valence-electron chi connectivity index (χ0n) is 13.7. The Morgan fingerprint density at radius 3 is 2.59 bits per heavy atom. The summed E-state index contributed by atoms with van der Waals surface area (Å²) in [5, 5.41) is 3.04. The number of allylic oxidation sites excluding steroid dienone is 1. The van der Waals surface area contributed by atoms with E-state index >= 15 is 0 Å². The summed E-state index contributed by atoms with van der Waals surface area (Å²) in [6.45, 7) is 5.84. The van der Waals surface area contributed by atoms with E-state index in [0.29, 0.717) is 6.54 Å². The van der Waals surface area contributed by atoms with Crippen LogP contribution in [0.2, 0.25) is 0 Å². The van der Waals surface area contributed by atoms with Crippen molar-refractivity contribution in [3.05, 3.63) is 41.0 Å². The van der Waals surface area contributed by atoms with Crippen LogP contribution in [0.5, 0.6) is 0 Å². The number of rotatable bonds is 5. The topological polar surface area (TPSA) is 32.3 Å². The van der Waals surface area contributed by atoms with Gasteiger partial charge in [0.15, 0.2) is 0 Å². The average molecular weight is 318 g/mol. The van der Waals surface area contributed by atoms with Crippen molar-refractivity contribution in [2.24, 2.45) is 0 Å². The summed E-state index contributed by atoms with van der Waals surface area (Å²) in [6, 6.07) is 8.31. The van der Waals surface area contributed by atoms with Crippen LogP contribution in [-0.2, 0) is 11.3 Å². The molecule has 3 nitrogen and oxygen atoms in total. The van der Waals surface area contributed by atoms with Crippen molar-refractivity contribution in [1.82, 2.24) is 10.2 Å². The maximum absolute atomic E-state index is 12.2. The highest BCUT2D eigenvalue weighted by atomic mass is 32.1. The Hall–Kier alpha value is -1.26. The lowest BCUT2D eigenvalue weighted by Gasteiger charge is -2.18. The van der Waals surface area contributed by atoms with Crippen molar-refractivity contribution in [1.29, 1.82) is 0 Å². The van der Waals surface area contributed by atoms with Crippen LogP contribution in [0, 0.1) is 0 Å². The van der Waals surface area contributed by atoms with E-state index in [1.807, 2.05) is 7.05 Å². The molecule has 1 aliphatic heterocycles. The third-order valence-corrected chi connectivity index (χ3v) is 5.09. The Bertz CT molecular complexity index is 551. The molecule has 0 aliphatic carbocycles. The third kappa shape index (κ3) is 4.14. The number of likely N-dealkylation sites (N-methyl/N-ethyl adjacent to an activating group) is 1. The minimum absolute atomic E-state index is 0.0402. The van der Waals surface area contributed by atoms with Crippen molar-refractivity contribution >= 4 is 23.4 Å². The molecule has 1 amide bonds. The number of likely N-dealkylation sites (tertiary alicyclic amines) is 1. The SMILES string of the molecule is CC/C(C)=C(\S)c1ccc(CNC(=O)C2CCCN2C)cc1. The molecule has 1 heterocycles. The lowest BCUT2D eigenvalue weighted by atomic mass is 10.1. The van der Waals surface area contributed by atoms with E-state index in [4.69, 9.17) is 0 Å². The van der Waals surface area contributed by atoms with E-state index < -0.39 is 0 Å². The number of hydrogen-bond donors (Lipinski definition) is 2. The number of nitrogens with one attached hydrogen (secondary N) is 1. The predicted octanol–water partition coefficient (Wildman–Crippen LogP) is 3.47. The van der Waals surface area contributed by atoms with Gasteiger partial charge in [-0.1, -0.05) is 36.8 Å². The van der Waals surface area contributed by atoms with Crippen molar-refractivity contribution in [3.63, 3.8) is 0 Å². The zero-order chi connectivity index (χ0) is 16.1. The second-order valence-electron chi connectivity index (χ2n) is 6.04. The molecule has 1 aromatic rings. The Balaban J connectivity index is 1.93. The first-order valence-corrected chi connectivity index (χ1v) is 8.43. The fraction of sp³-hybridized carbons (Fsp3) is 0.500. The van der Waals surface area contributed by atoms with Gasteiger partial charge in [0.2, 0.25) is 5.91 Å². The highest BCUT2D eigenvalue weighted by Crippen LogP contribution is 2.24. The molecule has 0 aromatic heterocycles. The van der Waals surface area contributed by atoms with Gasteiger partial charge in [-0.15, -0.1) is 12.6 Å². The second kappa shape index (κ2) is 7.84. The highest BCUT2D eigenvalue weighted by molar-refractivity contribution is 7.90. The summed E-state index contributed by atoms with van der Waals surface area (Å²) >= 11 is 4.59. The number of hydrogen-bond acceptors (Lipinski definition) is 3. The van der Waals surface area contributed by atoms with E-state index in [-0.39, 0.29) is 11.9 Å². The van der Waals surface area contributed by atoms with Gasteiger partial charge in [0.05, 0.1) is 6.04 Å². The molecule has 120 valence electrons.